The van der Waals surface area contributed by atoms with E-state index in [-0.39, 0.29) is 0 Å². The Labute approximate surface area is 69.2 Å². The highest BCUT2D eigenvalue weighted by molar-refractivity contribution is 4.59. The molecule has 1 heteroatoms. The van der Waals surface area contributed by atoms with Crippen LogP contribution < -0.4 is 0 Å². The molecule has 1 fully saturated rings. The number of alkyl halides is 1. The van der Waals surface area contributed by atoms with Crippen molar-refractivity contribution in [3.05, 3.63) is 0 Å². The highest BCUT2D eigenvalue weighted by Gasteiger charge is 2.06. The Morgan fingerprint density at radius 2 is 1.00 bits per heavy atom. The van der Waals surface area contributed by atoms with Crippen LogP contribution in [0.3, 0.4) is 0 Å². The van der Waals surface area contributed by atoms with E-state index >= 15 is 0 Å². The monoisotopic (exact) mass is 158 g/mol. The first kappa shape index (κ1) is 9.02. The molecule has 0 spiro atoms. The molecule has 0 amide bonds. The minimum absolute atomic E-state index is 0.493. The summed E-state index contributed by atoms with van der Waals surface area (Å²) in [7, 11) is 0. The van der Waals surface area contributed by atoms with Gasteiger partial charge < -0.3 is 0 Å². The molecule has 0 radical (unpaired) electrons. The fraction of sp³-hybridized carbons (Fsp3) is 1.00. The van der Waals surface area contributed by atoms with E-state index in [9.17, 15) is 4.39 Å². The van der Waals surface area contributed by atoms with Gasteiger partial charge in [0.05, 0.1) is 0 Å². The van der Waals surface area contributed by atoms with Gasteiger partial charge in [0, 0.05) is 0 Å². The Hall–Kier alpha value is -0.0700. The van der Waals surface area contributed by atoms with Gasteiger partial charge in [0.1, 0.15) is 6.17 Å². The lowest BCUT2D eigenvalue weighted by atomic mass is 10.00. The summed E-state index contributed by atoms with van der Waals surface area (Å²) in [5.41, 5.74) is 0. The van der Waals surface area contributed by atoms with Crippen LogP contribution in [0.25, 0.3) is 0 Å². The van der Waals surface area contributed by atoms with E-state index in [0.717, 1.165) is 25.7 Å². The minimum Gasteiger partial charge on any atom is -0.247 e. The van der Waals surface area contributed by atoms with Gasteiger partial charge in [0.25, 0.3) is 0 Å². The second-order valence-electron chi connectivity index (χ2n) is 3.65. The molecular weight excluding hydrogens is 139 g/mol. The van der Waals surface area contributed by atoms with Crippen molar-refractivity contribution < 1.29 is 4.39 Å². The van der Waals surface area contributed by atoms with E-state index in [1.54, 1.807) is 0 Å². The molecule has 0 aromatic rings. The lowest BCUT2D eigenvalue weighted by Gasteiger charge is -2.10. The van der Waals surface area contributed by atoms with E-state index in [2.05, 4.69) is 0 Å². The van der Waals surface area contributed by atoms with Crippen LogP contribution in [-0.2, 0) is 0 Å². The van der Waals surface area contributed by atoms with E-state index in [0.29, 0.717) is 0 Å². The zero-order chi connectivity index (χ0) is 7.94. The molecule has 1 rings (SSSR count). The highest BCUT2D eigenvalue weighted by Crippen LogP contribution is 2.18. The fourth-order valence-electron chi connectivity index (χ4n) is 1.76. The largest absolute Gasteiger partial charge is 0.247 e. The number of halogens is 1. The van der Waals surface area contributed by atoms with Gasteiger partial charge in [0.15, 0.2) is 0 Å². The molecule has 0 unspecified atom stereocenters. The molecule has 0 aromatic heterocycles. The van der Waals surface area contributed by atoms with E-state index in [1.807, 2.05) is 0 Å². The van der Waals surface area contributed by atoms with Crippen LogP contribution >= 0.6 is 0 Å². The first-order valence-corrected chi connectivity index (χ1v) is 5.03. The third-order valence-corrected chi connectivity index (χ3v) is 2.53. The van der Waals surface area contributed by atoms with Crippen molar-refractivity contribution in [2.24, 2.45) is 0 Å². The van der Waals surface area contributed by atoms with Gasteiger partial charge in [-0.25, -0.2) is 4.39 Å². The molecule has 0 saturated heterocycles. The van der Waals surface area contributed by atoms with Crippen LogP contribution in [0.5, 0.6) is 0 Å². The summed E-state index contributed by atoms with van der Waals surface area (Å²) in [4.78, 5) is 0. The van der Waals surface area contributed by atoms with Crippen LogP contribution in [0.2, 0.25) is 0 Å². The molecule has 0 atom stereocenters. The Balaban J connectivity index is 2.12. The lowest BCUT2D eigenvalue weighted by molar-refractivity contribution is 0.274. The number of rotatable bonds is 0. The first-order valence-electron chi connectivity index (χ1n) is 5.03. The van der Waals surface area contributed by atoms with Crippen molar-refractivity contribution in [1.29, 1.82) is 0 Å². The average Bonchev–Trinajstić information content (AvgIpc) is 2.03. The summed E-state index contributed by atoms with van der Waals surface area (Å²) < 4.78 is 12.9. The maximum Gasteiger partial charge on any atom is 0.100 e. The quantitative estimate of drug-likeness (QED) is 0.502. The van der Waals surface area contributed by atoms with Gasteiger partial charge >= 0.3 is 0 Å². The van der Waals surface area contributed by atoms with Gasteiger partial charge in [-0.3, -0.25) is 0 Å². The van der Waals surface area contributed by atoms with Gasteiger partial charge in [-0.2, -0.15) is 0 Å². The maximum absolute atomic E-state index is 12.9. The summed E-state index contributed by atoms with van der Waals surface area (Å²) in [6.07, 6.45) is 9.90. The van der Waals surface area contributed by atoms with Crippen LogP contribution in [-0.4, -0.2) is 6.17 Å². The maximum atomic E-state index is 12.9. The summed E-state index contributed by atoms with van der Waals surface area (Å²) >= 11 is 0. The van der Waals surface area contributed by atoms with Crippen LogP contribution in [0.1, 0.15) is 57.8 Å². The summed E-state index contributed by atoms with van der Waals surface area (Å²) in [6.45, 7) is 0. The van der Waals surface area contributed by atoms with Crippen molar-refractivity contribution >= 4 is 0 Å². The molecule has 11 heavy (non-hydrogen) atoms. The van der Waals surface area contributed by atoms with Crippen molar-refractivity contribution in [1.82, 2.24) is 0 Å². The Kier molecular flexibility index (Phi) is 4.56. The molecule has 0 heterocycles. The number of hydrogen-bond acceptors (Lipinski definition) is 0. The summed E-state index contributed by atoms with van der Waals surface area (Å²) in [5.74, 6) is 0. The molecule has 0 N–H and O–H groups in total. The van der Waals surface area contributed by atoms with E-state index in [4.69, 9.17) is 0 Å². The van der Waals surface area contributed by atoms with E-state index < -0.39 is 6.17 Å². The van der Waals surface area contributed by atoms with Gasteiger partial charge in [-0.05, 0) is 12.8 Å². The molecule has 66 valence electrons. The van der Waals surface area contributed by atoms with Crippen molar-refractivity contribution in [2.75, 3.05) is 0 Å². The zero-order valence-electron chi connectivity index (χ0n) is 7.32. The molecule has 0 aliphatic heterocycles. The fourth-order valence-corrected chi connectivity index (χ4v) is 1.76. The summed E-state index contributed by atoms with van der Waals surface area (Å²) in [5, 5.41) is 0. The van der Waals surface area contributed by atoms with Crippen molar-refractivity contribution in [3.8, 4) is 0 Å². The Morgan fingerprint density at radius 3 is 1.45 bits per heavy atom. The topological polar surface area (TPSA) is 0 Å². The second kappa shape index (κ2) is 5.56. The standard InChI is InChI=1S/C10H19F/c11-10-8-6-4-2-1-3-5-7-9-10/h10H,1-9H2. The predicted molar refractivity (Wildman–Crippen MR) is 46.4 cm³/mol. The van der Waals surface area contributed by atoms with Crippen LogP contribution in [0.15, 0.2) is 0 Å². The van der Waals surface area contributed by atoms with Crippen molar-refractivity contribution in [3.63, 3.8) is 0 Å². The third-order valence-electron chi connectivity index (χ3n) is 2.53. The molecule has 0 nitrogen and oxygen atoms in total. The summed E-state index contributed by atoms with van der Waals surface area (Å²) in [6, 6.07) is 0. The molecule has 1 aliphatic rings. The predicted octanol–water partition coefficient (Wildman–Crippen LogP) is 3.85. The van der Waals surface area contributed by atoms with E-state index in [1.165, 1.54) is 32.1 Å². The average molecular weight is 158 g/mol. The van der Waals surface area contributed by atoms with Gasteiger partial charge in [0.2, 0.25) is 0 Å². The second-order valence-corrected chi connectivity index (χ2v) is 3.65. The SMILES string of the molecule is FC1CCCCCCCCC1. The van der Waals surface area contributed by atoms with Crippen molar-refractivity contribution in [2.45, 2.75) is 64.0 Å². The third kappa shape index (κ3) is 4.39. The Bertz CT molecular complexity index is 80.9. The normalized spacial score (nSPS) is 24.8. The number of hydrogen-bond donors (Lipinski definition) is 0. The lowest BCUT2D eigenvalue weighted by Crippen LogP contribution is -2.01. The Morgan fingerprint density at radius 1 is 0.636 bits per heavy atom. The van der Waals surface area contributed by atoms with Gasteiger partial charge in [-0.15, -0.1) is 0 Å². The smallest absolute Gasteiger partial charge is 0.100 e. The minimum atomic E-state index is -0.493. The van der Waals surface area contributed by atoms with Crippen LogP contribution in [0, 0.1) is 0 Å². The van der Waals surface area contributed by atoms with Crippen LogP contribution in [0.4, 0.5) is 4.39 Å². The molecule has 0 aromatic carbocycles. The molecule has 0 bridgehead atoms. The molecule has 1 aliphatic carbocycles. The first-order chi connectivity index (χ1) is 5.39. The molecular formula is C10H19F. The zero-order valence-corrected chi connectivity index (χ0v) is 7.32. The highest BCUT2D eigenvalue weighted by atomic mass is 19.1. The molecule has 1 saturated carbocycles. The van der Waals surface area contributed by atoms with Gasteiger partial charge in [-0.1, -0.05) is 44.9 Å².